The second-order valence-electron chi connectivity index (χ2n) is 4.13. The standard InChI is InChI=1S/C14H16N2O/c1-3-12(11-7-5-4-6-8-11)13-9-14(17)16-10(2)15-13/h4-9,12H,3H2,1-2H3,(H,15,16,17). The molecule has 1 atom stereocenters. The highest BCUT2D eigenvalue weighted by atomic mass is 16.1. The van der Waals surface area contributed by atoms with E-state index in [1.165, 1.54) is 5.56 Å². The van der Waals surface area contributed by atoms with Crippen LogP contribution in [0.2, 0.25) is 0 Å². The molecule has 0 amide bonds. The molecule has 2 rings (SSSR count). The van der Waals surface area contributed by atoms with Crippen molar-refractivity contribution in [3.63, 3.8) is 0 Å². The lowest BCUT2D eigenvalue weighted by Gasteiger charge is -2.14. The van der Waals surface area contributed by atoms with Crippen LogP contribution in [0.1, 0.15) is 36.3 Å². The number of nitrogens with one attached hydrogen (secondary N) is 1. The molecule has 1 heterocycles. The van der Waals surface area contributed by atoms with Gasteiger partial charge in [0.05, 0.1) is 5.69 Å². The maximum Gasteiger partial charge on any atom is 0.251 e. The van der Waals surface area contributed by atoms with Crippen molar-refractivity contribution < 1.29 is 0 Å². The molecule has 3 heteroatoms. The van der Waals surface area contributed by atoms with Crippen molar-refractivity contribution >= 4 is 0 Å². The average Bonchev–Trinajstić information content (AvgIpc) is 2.30. The monoisotopic (exact) mass is 228 g/mol. The first-order valence-electron chi connectivity index (χ1n) is 5.83. The van der Waals surface area contributed by atoms with Gasteiger partial charge in [-0.3, -0.25) is 4.79 Å². The molecule has 2 aromatic rings. The Balaban J connectivity index is 2.46. The summed E-state index contributed by atoms with van der Waals surface area (Å²) in [4.78, 5) is 18.6. The van der Waals surface area contributed by atoms with E-state index in [4.69, 9.17) is 0 Å². The van der Waals surface area contributed by atoms with Gasteiger partial charge in [-0.25, -0.2) is 4.98 Å². The van der Waals surface area contributed by atoms with Gasteiger partial charge in [0.25, 0.3) is 5.56 Å². The van der Waals surface area contributed by atoms with Crippen LogP contribution in [0.5, 0.6) is 0 Å². The van der Waals surface area contributed by atoms with E-state index in [0.717, 1.165) is 12.1 Å². The smallest absolute Gasteiger partial charge is 0.251 e. The third kappa shape index (κ3) is 2.61. The molecule has 1 aromatic carbocycles. The highest BCUT2D eigenvalue weighted by Crippen LogP contribution is 2.25. The molecule has 0 spiro atoms. The number of hydrogen-bond acceptors (Lipinski definition) is 2. The Hall–Kier alpha value is -1.90. The highest BCUT2D eigenvalue weighted by Gasteiger charge is 2.14. The lowest BCUT2D eigenvalue weighted by Crippen LogP contribution is -2.13. The molecule has 0 saturated carbocycles. The van der Waals surface area contributed by atoms with Gasteiger partial charge in [-0.2, -0.15) is 0 Å². The lowest BCUT2D eigenvalue weighted by atomic mass is 9.93. The molecule has 0 bridgehead atoms. The van der Waals surface area contributed by atoms with Crippen molar-refractivity contribution in [2.75, 3.05) is 0 Å². The number of H-pyrrole nitrogens is 1. The predicted octanol–water partition coefficient (Wildman–Crippen LogP) is 2.62. The summed E-state index contributed by atoms with van der Waals surface area (Å²) in [7, 11) is 0. The third-order valence-electron chi connectivity index (χ3n) is 2.85. The van der Waals surface area contributed by atoms with Crippen molar-refractivity contribution in [1.29, 1.82) is 0 Å². The number of aryl methyl sites for hydroxylation is 1. The number of aromatic amines is 1. The SMILES string of the molecule is CCC(c1ccccc1)c1cc(=O)[nH]c(C)n1. The number of nitrogens with zero attached hydrogens (tertiary/aromatic N) is 1. The van der Waals surface area contributed by atoms with E-state index in [1.807, 2.05) is 25.1 Å². The third-order valence-corrected chi connectivity index (χ3v) is 2.85. The van der Waals surface area contributed by atoms with Crippen LogP contribution in [0.4, 0.5) is 0 Å². The number of benzene rings is 1. The number of rotatable bonds is 3. The van der Waals surface area contributed by atoms with Gasteiger partial charge in [0.2, 0.25) is 0 Å². The van der Waals surface area contributed by atoms with Gasteiger partial charge in [0, 0.05) is 12.0 Å². The molecule has 0 aliphatic carbocycles. The maximum atomic E-state index is 11.5. The quantitative estimate of drug-likeness (QED) is 0.877. The molecule has 88 valence electrons. The number of hydrogen-bond donors (Lipinski definition) is 1. The van der Waals surface area contributed by atoms with Gasteiger partial charge in [-0.15, -0.1) is 0 Å². The van der Waals surface area contributed by atoms with E-state index in [2.05, 4.69) is 29.0 Å². The van der Waals surface area contributed by atoms with E-state index in [0.29, 0.717) is 5.82 Å². The Morgan fingerprint density at radius 2 is 2.00 bits per heavy atom. The van der Waals surface area contributed by atoms with Gasteiger partial charge >= 0.3 is 0 Å². The summed E-state index contributed by atoms with van der Waals surface area (Å²) in [5, 5.41) is 0. The normalized spacial score (nSPS) is 12.4. The van der Waals surface area contributed by atoms with E-state index < -0.39 is 0 Å². The van der Waals surface area contributed by atoms with Crippen LogP contribution in [0.25, 0.3) is 0 Å². The topological polar surface area (TPSA) is 45.8 Å². The maximum absolute atomic E-state index is 11.5. The van der Waals surface area contributed by atoms with Crippen molar-refractivity contribution in [1.82, 2.24) is 9.97 Å². The van der Waals surface area contributed by atoms with Gasteiger partial charge in [0.1, 0.15) is 5.82 Å². The van der Waals surface area contributed by atoms with Crippen LogP contribution in [0.3, 0.4) is 0 Å². The molecule has 0 aliphatic heterocycles. The largest absolute Gasteiger partial charge is 0.311 e. The van der Waals surface area contributed by atoms with Gasteiger partial charge in [-0.05, 0) is 18.9 Å². The van der Waals surface area contributed by atoms with Crippen molar-refractivity contribution in [2.45, 2.75) is 26.2 Å². The fraction of sp³-hybridized carbons (Fsp3) is 0.286. The first kappa shape index (κ1) is 11.6. The Kier molecular flexibility index (Phi) is 3.38. The van der Waals surface area contributed by atoms with Crippen LogP contribution >= 0.6 is 0 Å². The molecule has 0 aliphatic rings. The van der Waals surface area contributed by atoms with Crippen molar-refractivity contribution in [3.8, 4) is 0 Å². The second kappa shape index (κ2) is 4.95. The second-order valence-corrected chi connectivity index (χ2v) is 4.13. The fourth-order valence-corrected chi connectivity index (χ4v) is 2.08. The fourth-order valence-electron chi connectivity index (χ4n) is 2.08. The summed E-state index contributed by atoms with van der Waals surface area (Å²) in [6.45, 7) is 3.92. The molecule has 17 heavy (non-hydrogen) atoms. The molecule has 3 nitrogen and oxygen atoms in total. The molecule has 1 unspecified atom stereocenters. The molecule has 0 fully saturated rings. The predicted molar refractivity (Wildman–Crippen MR) is 68.2 cm³/mol. The zero-order valence-corrected chi connectivity index (χ0v) is 10.1. The van der Waals surface area contributed by atoms with Gasteiger partial charge < -0.3 is 4.98 Å². The minimum absolute atomic E-state index is 0.0816. The van der Waals surface area contributed by atoms with E-state index >= 15 is 0 Å². The first-order chi connectivity index (χ1) is 8.20. The summed E-state index contributed by atoms with van der Waals surface area (Å²) in [6.07, 6.45) is 0.930. The van der Waals surface area contributed by atoms with Crippen molar-refractivity contribution in [3.05, 3.63) is 63.8 Å². The summed E-state index contributed by atoms with van der Waals surface area (Å²) in [6, 6.07) is 11.8. The average molecular weight is 228 g/mol. The summed E-state index contributed by atoms with van der Waals surface area (Å²) >= 11 is 0. The molecular formula is C14H16N2O. The Morgan fingerprint density at radius 1 is 1.29 bits per heavy atom. The summed E-state index contributed by atoms with van der Waals surface area (Å²) in [5.41, 5.74) is 1.97. The minimum Gasteiger partial charge on any atom is -0.311 e. The van der Waals surface area contributed by atoms with E-state index in [1.54, 1.807) is 6.07 Å². The molecule has 0 radical (unpaired) electrons. The Labute approximate surface area is 101 Å². The van der Waals surface area contributed by atoms with Gasteiger partial charge in [-0.1, -0.05) is 37.3 Å². The van der Waals surface area contributed by atoms with Crippen LogP contribution in [0, 0.1) is 6.92 Å². The lowest BCUT2D eigenvalue weighted by molar-refractivity contribution is 0.735. The number of aromatic nitrogens is 2. The van der Waals surface area contributed by atoms with E-state index in [-0.39, 0.29) is 11.5 Å². The first-order valence-corrected chi connectivity index (χ1v) is 5.83. The summed E-state index contributed by atoms with van der Waals surface area (Å²) < 4.78 is 0. The van der Waals surface area contributed by atoms with Crippen molar-refractivity contribution in [2.24, 2.45) is 0 Å². The minimum atomic E-state index is -0.0816. The molecule has 0 saturated heterocycles. The zero-order valence-electron chi connectivity index (χ0n) is 10.1. The van der Waals surface area contributed by atoms with Crippen LogP contribution in [-0.4, -0.2) is 9.97 Å². The molecular weight excluding hydrogens is 212 g/mol. The van der Waals surface area contributed by atoms with E-state index in [9.17, 15) is 4.79 Å². The summed E-state index contributed by atoms with van der Waals surface area (Å²) in [5.74, 6) is 0.860. The van der Waals surface area contributed by atoms with Gasteiger partial charge in [0.15, 0.2) is 0 Å². The van der Waals surface area contributed by atoms with Crippen LogP contribution < -0.4 is 5.56 Å². The molecule has 1 N–H and O–H groups in total. The Morgan fingerprint density at radius 3 is 2.59 bits per heavy atom. The zero-order chi connectivity index (χ0) is 12.3. The Bertz CT molecular complexity index is 546. The highest BCUT2D eigenvalue weighted by molar-refractivity contribution is 5.27. The molecule has 1 aromatic heterocycles. The van der Waals surface area contributed by atoms with Crippen LogP contribution in [-0.2, 0) is 0 Å². The van der Waals surface area contributed by atoms with Crippen LogP contribution in [0.15, 0.2) is 41.2 Å².